The van der Waals surface area contributed by atoms with E-state index in [1.807, 2.05) is 0 Å². The smallest absolute Gasteiger partial charge is 0.269 e. The van der Waals surface area contributed by atoms with Gasteiger partial charge in [-0.2, -0.15) is 5.10 Å². The number of ether oxygens (including phenoxy) is 1. The second-order valence-electron chi connectivity index (χ2n) is 9.50. The lowest BCUT2D eigenvalue weighted by Gasteiger charge is -2.12. The van der Waals surface area contributed by atoms with Crippen LogP contribution in [0.5, 0.6) is 5.75 Å². The Hall–Kier alpha value is -5.58. The first-order chi connectivity index (χ1) is 22.1. The minimum absolute atomic E-state index is 0.0538. The fraction of sp³-hybridized carbons (Fsp3) is 0.0667. The summed E-state index contributed by atoms with van der Waals surface area (Å²) >= 11 is 1.08. The maximum Gasteiger partial charge on any atom is 0.269 e. The topological polar surface area (TPSA) is 200 Å². The number of furan rings is 1. The van der Waals surface area contributed by atoms with Crippen LogP contribution in [0.3, 0.4) is 0 Å². The Morgan fingerprint density at radius 1 is 1.07 bits per heavy atom. The Labute approximate surface area is 266 Å². The number of non-ortho nitro benzene ring substituents is 1. The Balaban J connectivity index is 1.31. The molecule has 0 aliphatic carbocycles. The normalized spacial score (nSPS) is 15.2. The SMILES string of the molecule is NS(=O)(=O)c1ccc(NC(=O)COc2ccccc2/C=C2\S/C(=N\N=C\c3ccc([N+](=O)[O-])cc3)N(Cc3ccco3)C2=O)cc1. The maximum absolute atomic E-state index is 13.5. The number of hydrogen-bond donors (Lipinski definition) is 2. The number of rotatable bonds is 11. The van der Waals surface area contributed by atoms with Crippen LogP contribution in [0, 0.1) is 10.1 Å². The Bertz CT molecular complexity index is 1960. The number of thioether (sulfide) groups is 1. The first kappa shape index (κ1) is 31.8. The van der Waals surface area contributed by atoms with Crippen LogP contribution in [0.15, 0.2) is 116 Å². The second-order valence-corrected chi connectivity index (χ2v) is 12.1. The molecule has 1 aliphatic rings. The summed E-state index contributed by atoms with van der Waals surface area (Å²) in [5.41, 5.74) is 1.40. The number of sulfonamides is 1. The van der Waals surface area contributed by atoms with E-state index in [4.69, 9.17) is 14.3 Å². The van der Waals surface area contributed by atoms with Crippen molar-refractivity contribution in [1.82, 2.24) is 4.90 Å². The highest BCUT2D eigenvalue weighted by Gasteiger charge is 2.34. The van der Waals surface area contributed by atoms with Crippen molar-refractivity contribution in [2.24, 2.45) is 15.3 Å². The highest BCUT2D eigenvalue weighted by Crippen LogP contribution is 2.35. The number of nitrogens with one attached hydrogen (secondary N) is 1. The van der Waals surface area contributed by atoms with Crippen LogP contribution in [0.2, 0.25) is 0 Å². The predicted octanol–water partition coefficient (Wildman–Crippen LogP) is 4.36. The summed E-state index contributed by atoms with van der Waals surface area (Å²) in [5.74, 6) is 0.00167. The molecule has 4 aromatic rings. The van der Waals surface area contributed by atoms with Gasteiger partial charge in [0.2, 0.25) is 10.0 Å². The number of anilines is 1. The summed E-state index contributed by atoms with van der Waals surface area (Å²) in [6.07, 6.45) is 4.52. The lowest BCUT2D eigenvalue weighted by molar-refractivity contribution is -0.384. The predicted molar refractivity (Wildman–Crippen MR) is 171 cm³/mol. The van der Waals surface area contributed by atoms with Gasteiger partial charge in [0.05, 0.1) is 33.7 Å². The first-order valence-electron chi connectivity index (χ1n) is 13.3. The van der Waals surface area contributed by atoms with E-state index in [2.05, 4.69) is 15.5 Å². The molecule has 1 fully saturated rings. The van der Waals surface area contributed by atoms with E-state index in [-0.39, 0.29) is 34.8 Å². The van der Waals surface area contributed by atoms with E-state index in [9.17, 15) is 28.1 Å². The molecule has 2 heterocycles. The molecule has 14 nitrogen and oxygen atoms in total. The zero-order chi connectivity index (χ0) is 32.7. The number of para-hydroxylation sites is 1. The summed E-state index contributed by atoms with van der Waals surface area (Å²) < 4.78 is 34.1. The van der Waals surface area contributed by atoms with Crippen LogP contribution in [0.25, 0.3) is 6.08 Å². The van der Waals surface area contributed by atoms with Gasteiger partial charge in [0.15, 0.2) is 11.8 Å². The van der Waals surface area contributed by atoms with Crippen LogP contribution >= 0.6 is 11.8 Å². The molecular formula is C30H24N6O8S2. The van der Waals surface area contributed by atoms with Gasteiger partial charge in [0, 0.05) is 23.4 Å². The van der Waals surface area contributed by atoms with Gasteiger partial charge in [-0.05, 0) is 78.0 Å². The molecule has 5 rings (SSSR count). The zero-order valence-corrected chi connectivity index (χ0v) is 25.3. The molecule has 46 heavy (non-hydrogen) atoms. The number of amides is 2. The van der Waals surface area contributed by atoms with Crippen molar-refractivity contribution in [3.8, 4) is 5.75 Å². The van der Waals surface area contributed by atoms with Crippen LogP contribution in [0.4, 0.5) is 11.4 Å². The average Bonchev–Trinajstić information content (AvgIpc) is 3.65. The van der Waals surface area contributed by atoms with Gasteiger partial charge in [0.1, 0.15) is 11.5 Å². The van der Waals surface area contributed by atoms with Gasteiger partial charge < -0.3 is 14.5 Å². The summed E-state index contributed by atoms with van der Waals surface area (Å²) in [5, 5.41) is 27.2. The van der Waals surface area contributed by atoms with Gasteiger partial charge in [-0.1, -0.05) is 18.2 Å². The molecule has 16 heteroatoms. The van der Waals surface area contributed by atoms with Gasteiger partial charge in [-0.25, -0.2) is 13.6 Å². The van der Waals surface area contributed by atoms with Crippen LogP contribution in [0.1, 0.15) is 16.9 Å². The van der Waals surface area contributed by atoms with Crippen molar-refractivity contribution < 1.29 is 32.1 Å². The van der Waals surface area contributed by atoms with Gasteiger partial charge >= 0.3 is 0 Å². The summed E-state index contributed by atoms with van der Waals surface area (Å²) in [6.45, 7) is -0.272. The molecule has 0 spiro atoms. The third-order valence-electron chi connectivity index (χ3n) is 6.27. The van der Waals surface area contributed by atoms with Crippen molar-refractivity contribution in [3.05, 3.63) is 123 Å². The minimum Gasteiger partial charge on any atom is -0.483 e. The van der Waals surface area contributed by atoms with Gasteiger partial charge in [0.25, 0.3) is 17.5 Å². The van der Waals surface area contributed by atoms with E-state index in [1.54, 1.807) is 42.5 Å². The molecule has 1 aliphatic heterocycles. The quantitative estimate of drug-likeness (QED) is 0.101. The van der Waals surface area contributed by atoms with E-state index < -0.39 is 20.9 Å². The number of amidine groups is 1. The van der Waals surface area contributed by atoms with Crippen LogP contribution < -0.4 is 15.2 Å². The largest absolute Gasteiger partial charge is 0.483 e. The highest BCUT2D eigenvalue weighted by molar-refractivity contribution is 8.18. The number of nitro groups is 1. The highest BCUT2D eigenvalue weighted by atomic mass is 32.2. The monoisotopic (exact) mass is 660 g/mol. The molecule has 0 bridgehead atoms. The number of hydrogen-bond acceptors (Lipinski definition) is 11. The molecular weight excluding hydrogens is 636 g/mol. The Morgan fingerprint density at radius 3 is 2.48 bits per heavy atom. The third kappa shape index (κ3) is 8.12. The van der Waals surface area contributed by atoms with E-state index in [0.29, 0.717) is 33.2 Å². The number of carbonyl (C=O) groups excluding carboxylic acids is 2. The van der Waals surface area contributed by atoms with Crippen molar-refractivity contribution in [2.75, 3.05) is 11.9 Å². The van der Waals surface area contributed by atoms with E-state index in [1.165, 1.54) is 65.9 Å². The van der Waals surface area contributed by atoms with E-state index >= 15 is 0 Å². The molecule has 234 valence electrons. The van der Waals surface area contributed by atoms with Crippen molar-refractivity contribution in [3.63, 3.8) is 0 Å². The fourth-order valence-corrected chi connectivity index (χ4v) is 5.49. The number of benzene rings is 3. The standard InChI is InChI=1S/C30H24N6O8S2/c31-46(41,42)25-13-9-22(10-14-25)33-28(37)19-44-26-6-2-1-4-21(26)16-27-29(38)35(18-24-5-3-15-43-24)30(45-27)34-32-17-20-7-11-23(12-8-20)36(39)40/h1-17H,18-19H2,(H,33,37)(H2,31,41,42)/b27-16-,32-17+,34-30-. The Kier molecular flexibility index (Phi) is 9.70. The number of nitrogens with zero attached hydrogens (tertiary/aromatic N) is 4. The van der Waals surface area contributed by atoms with Crippen molar-refractivity contribution in [2.45, 2.75) is 11.4 Å². The second kappa shape index (κ2) is 14.0. The molecule has 0 atom stereocenters. The molecule has 1 saturated heterocycles. The third-order valence-corrected chi connectivity index (χ3v) is 8.19. The average molecular weight is 661 g/mol. The van der Waals surface area contributed by atoms with E-state index in [0.717, 1.165) is 11.8 Å². The lowest BCUT2D eigenvalue weighted by atomic mass is 10.2. The summed E-state index contributed by atoms with van der Waals surface area (Å²) in [7, 11) is -3.86. The lowest BCUT2D eigenvalue weighted by Crippen LogP contribution is -2.28. The maximum atomic E-state index is 13.5. The number of nitrogens with two attached hydrogens (primary N) is 1. The molecule has 1 aromatic heterocycles. The summed E-state index contributed by atoms with van der Waals surface area (Å²) in [6, 6.07) is 21.4. The zero-order valence-electron chi connectivity index (χ0n) is 23.7. The first-order valence-corrected chi connectivity index (χ1v) is 15.7. The number of nitro benzene ring substituents is 1. The number of carbonyl (C=O) groups is 2. The van der Waals surface area contributed by atoms with Crippen LogP contribution in [-0.2, 0) is 26.2 Å². The van der Waals surface area contributed by atoms with Crippen molar-refractivity contribution in [1.29, 1.82) is 0 Å². The molecule has 3 N–H and O–H groups in total. The summed E-state index contributed by atoms with van der Waals surface area (Å²) in [4.78, 5) is 38.1. The van der Waals surface area contributed by atoms with Crippen LogP contribution in [-0.4, -0.2) is 48.0 Å². The molecule has 2 amide bonds. The minimum atomic E-state index is -3.86. The van der Waals surface area contributed by atoms with Gasteiger partial charge in [-0.3, -0.25) is 24.6 Å². The number of primary sulfonamides is 1. The molecule has 0 radical (unpaired) electrons. The Morgan fingerprint density at radius 2 is 1.80 bits per heavy atom. The fourth-order valence-electron chi connectivity index (χ4n) is 4.05. The molecule has 0 saturated carbocycles. The molecule has 3 aromatic carbocycles. The molecule has 0 unspecified atom stereocenters. The van der Waals surface area contributed by atoms with Crippen molar-refractivity contribution >= 4 is 62.4 Å². The van der Waals surface area contributed by atoms with Gasteiger partial charge in [-0.15, -0.1) is 5.10 Å².